The highest BCUT2D eigenvalue weighted by atomic mass is 16.5. The average Bonchev–Trinajstić information content (AvgIpc) is 2.71. The number of hydrogen-bond donors (Lipinski definition) is 0. The van der Waals surface area contributed by atoms with E-state index >= 15 is 0 Å². The number of rotatable bonds is 8. The minimum atomic E-state index is -0.608. The number of amides is 1. The summed E-state index contributed by atoms with van der Waals surface area (Å²) in [7, 11) is 4.75. The van der Waals surface area contributed by atoms with Crippen LogP contribution in [0.2, 0.25) is 0 Å². The van der Waals surface area contributed by atoms with E-state index in [1.165, 1.54) is 18.7 Å². The number of methoxy groups -OCH3 is 2. The van der Waals surface area contributed by atoms with Crippen molar-refractivity contribution in [3.8, 4) is 11.5 Å². The number of ether oxygens (including phenoxy) is 3. The third kappa shape index (κ3) is 6.10. The Bertz CT molecular complexity index is 904. The molecule has 0 saturated heterocycles. The molecule has 1 amide bonds. The van der Waals surface area contributed by atoms with Gasteiger partial charge in [-0.05, 0) is 37.1 Å². The summed E-state index contributed by atoms with van der Waals surface area (Å²) in [6.07, 6.45) is 2.82. The van der Waals surface area contributed by atoms with Crippen molar-refractivity contribution in [2.45, 2.75) is 20.4 Å². The summed E-state index contributed by atoms with van der Waals surface area (Å²) >= 11 is 0. The Balaban J connectivity index is 1.91. The lowest BCUT2D eigenvalue weighted by atomic mass is 10.1. The van der Waals surface area contributed by atoms with Gasteiger partial charge in [-0.1, -0.05) is 35.9 Å². The summed E-state index contributed by atoms with van der Waals surface area (Å²) in [6.45, 7) is 4.18. The zero-order chi connectivity index (χ0) is 21.4. The Hall–Kier alpha value is -3.28. The SMILES string of the molecule is COc1cccc(/C=C/C(=O)OCC(=O)N(C)Cc2ccc(C)cc2C)c1OC. The van der Waals surface area contributed by atoms with Gasteiger partial charge in [-0.3, -0.25) is 4.79 Å². The third-order valence-corrected chi connectivity index (χ3v) is 4.50. The molecular formula is C23H27NO5. The second-order valence-corrected chi connectivity index (χ2v) is 6.70. The van der Waals surface area contributed by atoms with Gasteiger partial charge in [0.15, 0.2) is 18.1 Å². The lowest BCUT2D eigenvalue weighted by Crippen LogP contribution is -2.30. The van der Waals surface area contributed by atoms with E-state index in [-0.39, 0.29) is 12.5 Å². The van der Waals surface area contributed by atoms with Crippen LogP contribution in [-0.2, 0) is 20.9 Å². The molecule has 0 heterocycles. The molecule has 0 aliphatic heterocycles. The van der Waals surface area contributed by atoms with Crippen molar-refractivity contribution < 1.29 is 23.8 Å². The van der Waals surface area contributed by atoms with Crippen molar-refractivity contribution in [1.82, 2.24) is 4.90 Å². The molecule has 2 aromatic rings. The smallest absolute Gasteiger partial charge is 0.331 e. The Morgan fingerprint density at radius 3 is 2.48 bits per heavy atom. The Morgan fingerprint density at radius 2 is 1.83 bits per heavy atom. The van der Waals surface area contributed by atoms with Crippen molar-refractivity contribution in [2.24, 2.45) is 0 Å². The quantitative estimate of drug-likeness (QED) is 0.504. The van der Waals surface area contributed by atoms with Crippen LogP contribution in [0.1, 0.15) is 22.3 Å². The summed E-state index contributed by atoms with van der Waals surface area (Å²) in [5.41, 5.74) is 4.02. The number of aryl methyl sites for hydroxylation is 2. The van der Waals surface area contributed by atoms with E-state index in [9.17, 15) is 9.59 Å². The van der Waals surface area contributed by atoms with Gasteiger partial charge in [0.2, 0.25) is 0 Å². The van der Waals surface area contributed by atoms with Crippen molar-refractivity contribution in [3.05, 3.63) is 64.7 Å². The number of para-hydroxylation sites is 1. The zero-order valence-electron chi connectivity index (χ0n) is 17.5. The first kappa shape index (κ1) is 22.0. The van der Waals surface area contributed by atoms with E-state index in [0.717, 1.165) is 11.1 Å². The van der Waals surface area contributed by atoms with Crippen LogP contribution < -0.4 is 9.47 Å². The second-order valence-electron chi connectivity index (χ2n) is 6.70. The molecule has 0 aliphatic carbocycles. The van der Waals surface area contributed by atoms with Gasteiger partial charge in [0.1, 0.15) is 0 Å². The standard InChI is InChI=1S/C23H27NO5/c1-16-9-10-19(17(2)13-16)14-24(3)21(25)15-29-22(26)12-11-18-7-6-8-20(27-4)23(18)28-5/h6-13H,14-15H2,1-5H3/b12-11+. The van der Waals surface area contributed by atoms with Gasteiger partial charge in [-0.15, -0.1) is 0 Å². The number of carbonyl (C=O) groups excluding carboxylic acids is 2. The van der Waals surface area contributed by atoms with Crippen LogP contribution in [0.25, 0.3) is 6.08 Å². The average molecular weight is 397 g/mol. The topological polar surface area (TPSA) is 65.1 Å². The molecule has 0 bridgehead atoms. The summed E-state index contributed by atoms with van der Waals surface area (Å²) in [5, 5.41) is 0. The minimum Gasteiger partial charge on any atom is -0.493 e. The summed E-state index contributed by atoms with van der Waals surface area (Å²) in [6, 6.07) is 11.4. The van der Waals surface area contributed by atoms with E-state index in [1.807, 2.05) is 26.0 Å². The highest BCUT2D eigenvalue weighted by Gasteiger charge is 2.13. The highest BCUT2D eigenvalue weighted by Crippen LogP contribution is 2.31. The maximum Gasteiger partial charge on any atom is 0.331 e. The summed E-state index contributed by atoms with van der Waals surface area (Å²) in [5.74, 6) is 0.198. The van der Waals surface area contributed by atoms with E-state index in [1.54, 1.807) is 43.3 Å². The van der Waals surface area contributed by atoms with Crippen LogP contribution in [-0.4, -0.2) is 44.7 Å². The van der Waals surface area contributed by atoms with Crippen LogP contribution in [0.5, 0.6) is 11.5 Å². The van der Waals surface area contributed by atoms with Gasteiger partial charge in [0.25, 0.3) is 5.91 Å². The fourth-order valence-corrected chi connectivity index (χ4v) is 2.86. The maximum absolute atomic E-state index is 12.3. The molecule has 0 saturated carbocycles. The van der Waals surface area contributed by atoms with Crippen LogP contribution in [0.15, 0.2) is 42.5 Å². The van der Waals surface area contributed by atoms with Gasteiger partial charge < -0.3 is 19.1 Å². The van der Waals surface area contributed by atoms with Crippen LogP contribution in [0.3, 0.4) is 0 Å². The zero-order valence-corrected chi connectivity index (χ0v) is 17.5. The Labute approximate surface area is 171 Å². The summed E-state index contributed by atoms with van der Waals surface area (Å²) in [4.78, 5) is 25.8. The molecule has 0 spiro atoms. The lowest BCUT2D eigenvalue weighted by molar-refractivity contribution is -0.147. The lowest BCUT2D eigenvalue weighted by Gasteiger charge is -2.18. The van der Waals surface area contributed by atoms with E-state index < -0.39 is 5.97 Å². The van der Waals surface area contributed by atoms with E-state index in [2.05, 4.69) is 6.07 Å². The van der Waals surface area contributed by atoms with Crippen molar-refractivity contribution >= 4 is 18.0 Å². The molecule has 0 aliphatic rings. The molecule has 2 rings (SSSR count). The molecule has 6 nitrogen and oxygen atoms in total. The Kier molecular flexibility index (Phi) is 7.83. The molecule has 0 unspecified atom stereocenters. The Morgan fingerprint density at radius 1 is 1.07 bits per heavy atom. The fraction of sp³-hybridized carbons (Fsp3) is 0.304. The van der Waals surface area contributed by atoms with Crippen LogP contribution >= 0.6 is 0 Å². The molecule has 0 radical (unpaired) electrons. The van der Waals surface area contributed by atoms with Gasteiger partial charge in [0, 0.05) is 25.2 Å². The first-order chi connectivity index (χ1) is 13.8. The molecule has 0 N–H and O–H groups in total. The van der Waals surface area contributed by atoms with Gasteiger partial charge in [-0.2, -0.15) is 0 Å². The molecule has 6 heteroatoms. The number of nitrogens with zero attached hydrogens (tertiary/aromatic N) is 1. The number of carbonyl (C=O) groups is 2. The second kappa shape index (κ2) is 10.3. The number of benzene rings is 2. The molecule has 2 aromatic carbocycles. The summed E-state index contributed by atoms with van der Waals surface area (Å²) < 4.78 is 15.6. The molecule has 29 heavy (non-hydrogen) atoms. The van der Waals surface area contributed by atoms with Gasteiger partial charge in [0.05, 0.1) is 14.2 Å². The molecule has 0 atom stereocenters. The predicted molar refractivity (Wildman–Crippen MR) is 112 cm³/mol. The van der Waals surface area contributed by atoms with Crippen molar-refractivity contribution in [3.63, 3.8) is 0 Å². The fourth-order valence-electron chi connectivity index (χ4n) is 2.86. The number of hydrogen-bond acceptors (Lipinski definition) is 5. The van der Waals surface area contributed by atoms with Crippen LogP contribution in [0, 0.1) is 13.8 Å². The molecule has 0 fully saturated rings. The van der Waals surface area contributed by atoms with E-state index in [4.69, 9.17) is 14.2 Å². The molecule has 0 aromatic heterocycles. The van der Waals surface area contributed by atoms with E-state index in [0.29, 0.717) is 23.6 Å². The third-order valence-electron chi connectivity index (χ3n) is 4.50. The van der Waals surface area contributed by atoms with Crippen molar-refractivity contribution in [2.75, 3.05) is 27.9 Å². The normalized spacial score (nSPS) is 10.7. The first-order valence-corrected chi connectivity index (χ1v) is 9.21. The minimum absolute atomic E-state index is 0.273. The molecule has 154 valence electrons. The van der Waals surface area contributed by atoms with Crippen molar-refractivity contribution in [1.29, 1.82) is 0 Å². The molecular weight excluding hydrogens is 370 g/mol. The number of likely N-dealkylation sites (N-methyl/N-ethyl adjacent to an activating group) is 1. The highest BCUT2D eigenvalue weighted by molar-refractivity contribution is 5.89. The largest absolute Gasteiger partial charge is 0.493 e. The van der Waals surface area contributed by atoms with Gasteiger partial charge >= 0.3 is 5.97 Å². The maximum atomic E-state index is 12.3. The monoisotopic (exact) mass is 397 g/mol. The predicted octanol–water partition coefficient (Wildman–Crippen LogP) is 3.54. The number of esters is 1. The van der Waals surface area contributed by atoms with Crippen LogP contribution in [0.4, 0.5) is 0 Å². The van der Waals surface area contributed by atoms with Gasteiger partial charge in [-0.25, -0.2) is 4.79 Å². The first-order valence-electron chi connectivity index (χ1n) is 9.21.